The van der Waals surface area contributed by atoms with Gasteiger partial charge in [-0.05, 0) is 33.6 Å². The molecular weight excluding hydrogens is 289 g/mol. The van der Waals surface area contributed by atoms with Crippen molar-refractivity contribution in [2.24, 2.45) is 0 Å². The zero-order valence-electron chi connectivity index (χ0n) is 13.1. The zero-order valence-corrected chi connectivity index (χ0v) is 13.1. The maximum atomic E-state index is 13.1. The van der Waals surface area contributed by atoms with E-state index in [0.29, 0.717) is 25.9 Å². The Morgan fingerprint density at radius 1 is 1.41 bits per heavy atom. The number of carbonyl (C=O) groups is 1. The largest absolute Gasteiger partial charge is 0.444 e. The monoisotopic (exact) mass is 311 g/mol. The number of hydrogen-bond acceptors (Lipinski definition) is 4. The number of H-pyrrole nitrogens is 1. The first-order valence-corrected chi connectivity index (χ1v) is 7.37. The van der Waals surface area contributed by atoms with Crippen molar-refractivity contribution >= 4 is 11.8 Å². The van der Waals surface area contributed by atoms with Crippen LogP contribution < -0.4 is 10.9 Å². The van der Waals surface area contributed by atoms with Gasteiger partial charge in [-0.15, -0.1) is 0 Å². The number of aromatic amines is 1. The smallest absolute Gasteiger partial charge is 0.410 e. The predicted molar refractivity (Wildman–Crippen MR) is 81.5 cm³/mol. The van der Waals surface area contributed by atoms with Gasteiger partial charge in [-0.1, -0.05) is 0 Å². The summed E-state index contributed by atoms with van der Waals surface area (Å²) in [5.41, 5.74) is -0.646. The Balaban J connectivity index is 1.88. The minimum Gasteiger partial charge on any atom is -0.444 e. The molecule has 0 bridgehead atoms. The number of hydrogen-bond donors (Lipinski definition) is 2. The lowest BCUT2D eigenvalue weighted by atomic mass is 10.1. The first-order chi connectivity index (χ1) is 10.2. The highest BCUT2D eigenvalue weighted by Crippen LogP contribution is 2.17. The molecule has 2 rings (SSSR count). The molecule has 1 aliphatic heterocycles. The third kappa shape index (κ3) is 4.47. The molecule has 122 valence electrons. The molecule has 2 N–H and O–H groups in total. The molecule has 0 spiro atoms. The molecule has 1 amide bonds. The number of likely N-dealkylation sites (tertiary alicyclic amines) is 1. The van der Waals surface area contributed by atoms with Gasteiger partial charge in [-0.2, -0.15) is 0 Å². The first kappa shape index (κ1) is 16.3. The third-order valence-corrected chi connectivity index (χ3v) is 3.37. The second kappa shape index (κ2) is 6.37. The third-order valence-electron chi connectivity index (χ3n) is 3.37. The van der Waals surface area contributed by atoms with Gasteiger partial charge >= 0.3 is 6.09 Å². The van der Waals surface area contributed by atoms with Crippen molar-refractivity contribution in [2.45, 2.75) is 45.3 Å². The molecule has 0 saturated carbocycles. The van der Waals surface area contributed by atoms with Crippen LogP contribution in [0.3, 0.4) is 0 Å². The summed E-state index contributed by atoms with van der Waals surface area (Å²) >= 11 is 0. The average Bonchev–Trinajstić information content (AvgIpc) is 2.42. The number of amides is 1. The first-order valence-electron chi connectivity index (χ1n) is 7.37. The van der Waals surface area contributed by atoms with E-state index in [-0.39, 0.29) is 23.4 Å². The van der Waals surface area contributed by atoms with Crippen LogP contribution in [0.15, 0.2) is 17.1 Å². The number of rotatable bonds is 2. The van der Waals surface area contributed by atoms with E-state index in [9.17, 15) is 14.0 Å². The van der Waals surface area contributed by atoms with E-state index in [4.69, 9.17) is 4.74 Å². The summed E-state index contributed by atoms with van der Waals surface area (Å²) in [6.45, 7) is 6.57. The van der Waals surface area contributed by atoms with Gasteiger partial charge in [0.15, 0.2) is 0 Å². The number of aromatic nitrogens is 1. The lowest BCUT2D eigenvalue weighted by molar-refractivity contribution is 0.0210. The zero-order chi connectivity index (χ0) is 16.3. The summed E-state index contributed by atoms with van der Waals surface area (Å²) in [6.07, 6.45) is 2.05. The fraction of sp³-hybridized carbons (Fsp3) is 0.600. The molecule has 7 heteroatoms. The van der Waals surface area contributed by atoms with Crippen LogP contribution in [-0.4, -0.2) is 40.7 Å². The Bertz CT molecular complexity index is 586. The number of piperidine rings is 1. The van der Waals surface area contributed by atoms with Gasteiger partial charge in [-0.25, -0.2) is 9.18 Å². The molecule has 1 saturated heterocycles. The van der Waals surface area contributed by atoms with Gasteiger partial charge in [-0.3, -0.25) is 4.79 Å². The molecule has 22 heavy (non-hydrogen) atoms. The van der Waals surface area contributed by atoms with E-state index in [2.05, 4.69) is 10.3 Å². The van der Waals surface area contributed by atoms with Gasteiger partial charge in [0.25, 0.3) is 5.56 Å². The van der Waals surface area contributed by atoms with Crippen molar-refractivity contribution in [1.82, 2.24) is 9.88 Å². The van der Waals surface area contributed by atoms with E-state index < -0.39 is 11.4 Å². The predicted octanol–water partition coefficient (Wildman–Crippen LogP) is 2.33. The number of ether oxygens (including phenoxy) is 1. The number of nitrogens with zero attached hydrogens (tertiary/aromatic N) is 1. The molecule has 1 aromatic heterocycles. The molecule has 0 aliphatic carbocycles. The SMILES string of the molecule is CC(C)(C)OC(=O)N1CCC(Nc2cc(F)c[nH]c2=O)CC1. The summed E-state index contributed by atoms with van der Waals surface area (Å²) < 4.78 is 18.5. The van der Waals surface area contributed by atoms with Gasteiger partial charge in [0.1, 0.15) is 17.1 Å². The Morgan fingerprint density at radius 3 is 2.64 bits per heavy atom. The van der Waals surface area contributed by atoms with Crippen LogP contribution in [0.4, 0.5) is 14.9 Å². The normalized spacial score (nSPS) is 16.5. The molecule has 1 aromatic rings. The molecule has 6 nitrogen and oxygen atoms in total. The number of anilines is 1. The average molecular weight is 311 g/mol. The van der Waals surface area contributed by atoms with Crippen molar-refractivity contribution in [3.05, 3.63) is 28.4 Å². The maximum absolute atomic E-state index is 13.1. The summed E-state index contributed by atoms with van der Waals surface area (Å²) in [7, 11) is 0. The minimum absolute atomic E-state index is 0.0292. The number of nitrogens with one attached hydrogen (secondary N) is 2. The number of pyridine rings is 1. The van der Waals surface area contributed by atoms with Gasteiger partial charge in [0, 0.05) is 31.4 Å². The van der Waals surface area contributed by atoms with E-state index >= 15 is 0 Å². The van der Waals surface area contributed by atoms with Crippen LogP contribution >= 0.6 is 0 Å². The van der Waals surface area contributed by atoms with Crippen molar-refractivity contribution in [1.29, 1.82) is 0 Å². The van der Waals surface area contributed by atoms with Crippen LogP contribution in [0.2, 0.25) is 0 Å². The highest BCUT2D eigenvalue weighted by atomic mass is 19.1. The quantitative estimate of drug-likeness (QED) is 0.879. The molecule has 0 unspecified atom stereocenters. The molecule has 0 atom stereocenters. The van der Waals surface area contributed by atoms with Crippen molar-refractivity contribution in [3.63, 3.8) is 0 Å². The van der Waals surface area contributed by atoms with Crippen LogP contribution in [0.25, 0.3) is 0 Å². The highest BCUT2D eigenvalue weighted by molar-refractivity contribution is 5.68. The van der Waals surface area contributed by atoms with E-state index in [0.717, 1.165) is 6.20 Å². The molecule has 0 radical (unpaired) electrons. The summed E-state index contributed by atoms with van der Waals surface area (Å²) in [4.78, 5) is 27.5. The summed E-state index contributed by atoms with van der Waals surface area (Å²) in [6, 6.07) is 1.21. The van der Waals surface area contributed by atoms with Gasteiger partial charge < -0.3 is 19.9 Å². The van der Waals surface area contributed by atoms with Crippen LogP contribution in [0, 0.1) is 5.82 Å². The molecule has 1 fully saturated rings. The second-order valence-electron chi connectivity index (χ2n) is 6.45. The molecular formula is C15H22FN3O3. The highest BCUT2D eigenvalue weighted by Gasteiger charge is 2.27. The number of carbonyl (C=O) groups excluding carboxylic acids is 1. The fourth-order valence-electron chi connectivity index (χ4n) is 2.32. The number of halogens is 1. The van der Waals surface area contributed by atoms with Crippen molar-refractivity contribution < 1.29 is 13.9 Å². The standard InChI is InChI=1S/C15H22FN3O3/c1-15(2,3)22-14(21)19-6-4-11(5-7-19)18-12-8-10(16)9-17-13(12)20/h8-9,11,18H,4-7H2,1-3H3,(H,17,20). The Labute approximate surface area is 128 Å². The lowest BCUT2D eigenvalue weighted by Gasteiger charge is -2.33. The van der Waals surface area contributed by atoms with E-state index in [1.54, 1.807) is 4.90 Å². The van der Waals surface area contributed by atoms with Gasteiger partial charge in [0.05, 0.1) is 0 Å². The second-order valence-corrected chi connectivity index (χ2v) is 6.45. The van der Waals surface area contributed by atoms with Crippen molar-refractivity contribution in [3.8, 4) is 0 Å². The Morgan fingerprint density at radius 2 is 2.05 bits per heavy atom. The maximum Gasteiger partial charge on any atom is 0.410 e. The Hall–Kier alpha value is -2.05. The molecule has 2 heterocycles. The topological polar surface area (TPSA) is 74.4 Å². The van der Waals surface area contributed by atoms with Crippen LogP contribution in [-0.2, 0) is 4.74 Å². The van der Waals surface area contributed by atoms with E-state index in [1.807, 2.05) is 20.8 Å². The lowest BCUT2D eigenvalue weighted by Crippen LogP contribution is -2.44. The minimum atomic E-state index is -0.513. The van der Waals surface area contributed by atoms with E-state index in [1.165, 1.54) is 6.07 Å². The summed E-state index contributed by atoms with van der Waals surface area (Å²) in [5.74, 6) is -0.492. The molecule has 1 aliphatic rings. The van der Waals surface area contributed by atoms with Crippen molar-refractivity contribution in [2.75, 3.05) is 18.4 Å². The van der Waals surface area contributed by atoms with Crippen LogP contribution in [0.5, 0.6) is 0 Å². The Kier molecular flexibility index (Phi) is 4.73. The summed E-state index contributed by atoms with van der Waals surface area (Å²) in [5, 5.41) is 3.04. The van der Waals surface area contributed by atoms with Crippen LogP contribution in [0.1, 0.15) is 33.6 Å². The fourth-order valence-corrected chi connectivity index (χ4v) is 2.32. The van der Waals surface area contributed by atoms with Gasteiger partial charge in [0.2, 0.25) is 0 Å². The molecule has 0 aromatic carbocycles.